The first-order valence-corrected chi connectivity index (χ1v) is 7.34. The topological polar surface area (TPSA) is 4.93 Å². The fourth-order valence-corrected chi connectivity index (χ4v) is 3.03. The minimum absolute atomic E-state index is 0.896. The Hall–Kier alpha value is -0.800. The van der Waals surface area contributed by atoms with E-state index in [9.17, 15) is 0 Å². The van der Waals surface area contributed by atoms with Gasteiger partial charge in [0.25, 0.3) is 0 Å². The lowest BCUT2D eigenvalue weighted by molar-refractivity contribution is 1.01. The van der Waals surface area contributed by atoms with Crippen molar-refractivity contribution in [2.75, 3.05) is 0 Å². The van der Waals surface area contributed by atoms with E-state index >= 15 is 0 Å². The lowest BCUT2D eigenvalue weighted by atomic mass is 10.1. The Balaban J connectivity index is 2.51. The summed E-state index contributed by atoms with van der Waals surface area (Å²) >= 11 is 7.06. The van der Waals surface area contributed by atoms with Crippen molar-refractivity contribution in [2.45, 2.75) is 5.33 Å². The molecule has 0 amide bonds. The molecule has 0 saturated heterocycles. The molecule has 17 heavy (non-hydrogen) atoms. The third kappa shape index (κ3) is 1.72. The normalized spacial score (nSPS) is 11.5. The monoisotopic (exact) mass is 351 g/mol. The number of hydrogen-bond acceptors (Lipinski definition) is 0. The maximum atomic E-state index is 3.54. The minimum atomic E-state index is 0.896. The minimum Gasteiger partial charge on any atom is -0.344 e. The predicted molar refractivity (Wildman–Crippen MR) is 80.8 cm³/mol. The first-order chi connectivity index (χ1) is 8.20. The van der Waals surface area contributed by atoms with Gasteiger partial charge in [0.15, 0.2) is 0 Å². The van der Waals surface area contributed by atoms with Crippen LogP contribution in [0.3, 0.4) is 0 Å². The molecule has 0 aliphatic heterocycles. The van der Waals surface area contributed by atoms with Gasteiger partial charge in [-0.25, -0.2) is 0 Å². The Morgan fingerprint density at radius 2 is 1.65 bits per heavy atom. The summed E-state index contributed by atoms with van der Waals surface area (Å²) in [7, 11) is 2.12. The van der Waals surface area contributed by atoms with E-state index in [0.717, 1.165) is 9.80 Å². The molecular weight excluding hydrogens is 342 g/mol. The second-order valence-corrected chi connectivity index (χ2v) is 5.68. The van der Waals surface area contributed by atoms with E-state index in [-0.39, 0.29) is 0 Å². The summed E-state index contributed by atoms with van der Waals surface area (Å²) in [5, 5.41) is 3.52. The molecule has 0 atom stereocenters. The first kappa shape index (κ1) is 11.3. The highest BCUT2D eigenvalue weighted by Gasteiger charge is 2.08. The molecule has 3 rings (SSSR count). The molecule has 0 saturated carbocycles. The second-order valence-electron chi connectivity index (χ2n) is 4.21. The maximum Gasteiger partial charge on any atom is 0.0489 e. The van der Waals surface area contributed by atoms with Gasteiger partial charge in [-0.1, -0.05) is 37.9 Å². The molecule has 0 aliphatic rings. The van der Waals surface area contributed by atoms with Crippen molar-refractivity contribution in [3.05, 3.63) is 46.4 Å². The number of nitrogens with zero attached hydrogens (tertiary/aromatic N) is 1. The van der Waals surface area contributed by atoms with Crippen molar-refractivity contribution >= 4 is 53.7 Å². The van der Waals surface area contributed by atoms with Crippen LogP contribution in [-0.2, 0) is 12.4 Å². The van der Waals surface area contributed by atoms with Crippen LogP contribution in [0.25, 0.3) is 21.8 Å². The molecule has 2 aromatic carbocycles. The van der Waals surface area contributed by atoms with Gasteiger partial charge in [-0.2, -0.15) is 0 Å². The van der Waals surface area contributed by atoms with E-state index in [1.165, 1.54) is 27.4 Å². The van der Waals surface area contributed by atoms with E-state index in [1.807, 2.05) is 0 Å². The van der Waals surface area contributed by atoms with E-state index < -0.39 is 0 Å². The molecule has 0 fully saturated rings. The van der Waals surface area contributed by atoms with Crippen molar-refractivity contribution < 1.29 is 0 Å². The molecule has 0 bridgehead atoms. The van der Waals surface area contributed by atoms with Crippen LogP contribution in [-0.4, -0.2) is 4.57 Å². The van der Waals surface area contributed by atoms with Gasteiger partial charge >= 0.3 is 0 Å². The summed E-state index contributed by atoms with van der Waals surface area (Å²) in [6.07, 6.45) is 0. The number of rotatable bonds is 1. The summed E-state index contributed by atoms with van der Waals surface area (Å²) in [4.78, 5) is 0. The zero-order valence-corrected chi connectivity index (χ0v) is 12.5. The van der Waals surface area contributed by atoms with E-state index in [0.29, 0.717) is 0 Å². The number of hydrogen-bond donors (Lipinski definition) is 0. The van der Waals surface area contributed by atoms with Crippen molar-refractivity contribution in [2.24, 2.45) is 7.05 Å². The Bertz CT molecular complexity index is 713. The van der Waals surface area contributed by atoms with Crippen LogP contribution in [0.15, 0.2) is 40.9 Å². The molecule has 1 nitrogen and oxygen atoms in total. The molecule has 0 unspecified atom stereocenters. The number of alkyl halides is 1. The van der Waals surface area contributed by atoms with E-state index in [4.69, 9.17) is 0 Å². The highest BCUT2D eigenvalue weighted by Crippen LogP contribution is 2.31. The fraction of sp³-hybridized carbons (Fsp3) is 0.143. The molecule has 0 radical (unpaired) electrons. The molecule has 0 spiro atoms. The zero-order chi connectivity index (χ0) is 12.0. The average molecular weight is 353 g/mol. The van der Waals surface area contributed by atoms with Crippen molar-refractivity contribution in [1.82, 2.24) is 4.57 Å². The highest BCUT2D eigenvalue weighted by atomic mass is 79.9. The van der Waals surface area contributed by atoms with E-state index in [1.54, 1.807) is 0 Å². The van der Waals surface area contributed by atoms with Gasteiger partial charge in [-0.3, -0.25) is 0 Å². The number of halogens is 2. The number of aromatic nitrogens is 1. The van der Waals surface area contributed by atoms with Gasteiger partial charge in [0.2, 0.25) is 0 Å². The highest BCUT2D eigenvalue weighted by molar-refractivity contribution is 9.10. The van der Waals surface area contributed by atoms with Gasteiger partial charge in [-0.15, -0.1) is 0 Å². The largest absolute Gasteiger partial charge is 0.344 e. The number of benzene rings is 2. The van der Waals surface area contributed by atoms with Crippen LogP contribution in [0, 0.1) is 0 Å². The van der Waals surface area contributed by atoms with Crippen LogP contribution in [0.1, 0.15) is 5.56 Å². The first-order valence-electron chi connectivity index (χ1n) is 5.43. The van der Waals surface area contributed by atoms with Gasteiger partial charge in [-0.05, 0) is 35.9 Å². The summed E-state index contributed by atoms with van der Waals surface area (Å²) in [5.41, 5.74) is 3.86. The number of fused-ring (bicyclic) bond motifs is 3. The van der Waals surface area contributed by atoms with Crippen LogP contribution < -0.4 is 0 Å². The molecule has 86 valence electrons. The standard InChI is InChI=1S/C14H11Br2N/c1-17-13-4-2-9(8-15)6-11(13)12-7-10(16)3-5-14(12)17/h2-7H,8H2,1H3. The lowest BCUT2D eigenvalue weighted by Gasteiger charge is -1.98. The summed E-state index contributed by atoms with van der Waals surface area (Å²) in [6.45, 7) is 0. The Labute approximate surface area is 117 Å². The molecule has 1 heterocycles. The summed E-state index contributed by atoms with van der Waals surface area (Å²) in [5.74, 6) is 0. The fourth-order valence-electron chi connectivity index (χ4n) is 2.32. The van der Waals surface area contributed by atoms with Crippen LogP contribution >= 0.6 is 31.9 Å². The van der Waals surface area contributed by atoms with Crippen LogP contribution in [0.2, 0.25) is 0 Å². The zero-order valence-electron chi connectivity index (χ0n) is 9.37. The van der Waals surface area contributed by atoms with Crippen molar-refractivity contribution in [3.8, 4) is 0 Å². The van der Waals surface area contributed by atoms with Gasteiger partial charge in [0, 0.05) is 38.7 Å². The van der Waals surface area contributed by atoms with Gasteiger partial charge in [0.05, 0.1) is 0 Å². The molecule has 3 heteroatoms. The Morgan fingerprint density at radius 3 is 2.35 bits per heavy atom. The van der Waals surface area contributed by atoms with E-state index in [2.05, 4.69) is 79.9 Å². The third-order valence-corrected chi connectivity index (χ3v) is 4.33. The Morgan fingerprint density at radius 1 is 1.00 bits per heavy atom. The second kappa shape index (κ2) is 4.14. The van der Waals surface area contributed by atoms with Gasteiger partial charge < -0.3 is 4.57 Å². The lowest BCUT2D eigenvalue weighted by Crippen LogP contribution is -1.86. The average Bonchev–Trinajstić information content (AvgIpc) is 2.62. The van der Waals surface area contributed by atoms with Crippen LogP contribution in [0.5, 0.6) is 0 Å². The smallest absolute Gasteiger partial charge is 0.0489 e. The SMILES string of the molecule is Cn1c2ccc(Br)cc2c2cc(CBr)ccc21. The summed E-state index contributed by atoms with van der Waals surface area (Å²) < 4.78 is 3.37. The molecule has 1 aromatic heterocycles. The third-order valence-electron chi connectivity index (χ3n) is 3.19. The Kier molecular flexibility index (Phi) is 2.75. The molecule has 0 N–H and O–H groups in total. The summed E-state index contributed by atoms with van der Waals surface area (Å²) in [6, 6.07) is 13.1. The maximum absolute atomic E-state index is 3.54. The van der Waals surface area contributed by atoms with Crippen molar-refractivity contribution in [3.63, 3.8) is 0 Å². The molecule has 0 aliphatic carbocycles. The van der Waals surface area contributed by atoms with Crippen molar-refractivity contribution in [1.29, 1.82) is 0 Å². The van der Waals surface area contributed by atoms with Crippen LogP contribution in [0.4, 0.5) is 0 Å². The number of aryl methyl sites for hydroxylation is 1. The predicted octanol–water partition coefficient (Wildman–Crippen LogP) is 4.99. The quantitative estimate of drug-likeness (QED) is 0.544. The molecular formula is C14H11Br2N. The molecule has 3 aromatic rings. The van der Waals surface area contributed by atoms with Gasteiger partial charge in [0.1, 0.15) is 0 Å².